The average Bonchev–Trinajstić information content (AvgIpc) is 2.36. The lowest BCUT2D eigenvalue weighted by Crippen LogP contribution is -2.12. The molecule has 0 aliphatic carbocycles. The van der Waals surface area contributed by atoms with E-state index in [-0.39, 0.29) is 20.8 Å². The van der Waals surface area contributed by atoms with Crippen LogP contribution in [-0.2, 0) is 0 Å². The maximum absolute atomic E-state index is 13.5. The highest BCUT2D eigenvalue weighted by atomic mass is 35.5. The molecule has 0 saturated heterocycles. The molecule has 3 nitrogen and oxygen atoms in total. The summed E-state index contributed by atoms with van der Waals surface area (Å²) in [7, 11) is 0. The van der Waals surface area contributed by atoms with Crippen molar-refractivity contribution in [2.75, 3.05) is 0 Å². The summed E-state index contributed by atoms with van der Waals surface area (Å²) in [6.45, 7) is 0. The Morgan fingerprint density at radius 1 is 1.32 bits per heavy atom. The maximum atomic E-state index is 13.5. The fourth-order valence-electron chi connectivity index (χ4n) is 1.36. The second-order valence-electron chi connectivity index (χ2n) is 3.57. The van der Waals surface area contributed by atoms with Gasteiger partial charge in [0.2, 0.25) is 0 Å². The van der Waals surface area contributed by atoms with Crippen molar-refractivity contribution < 1.29 is 8.78 Å². The Kier molecular flexibility index (Phi) is 4.01. The van der Waals surface area contributed by atoms with Crippen LogP contribution in [0.15, 0.2) is 40.4 Å². The zero-order chi connectivity index (χ0) is 14.0. The van der Waals surface area contributed by atoms with E-state index in [2.05, 4.69) is 4.98 Å². The van der Waals surface area contributed by atoms with Crippen LogP contribution in [0.4, 0.5) is 8.78 Å². The van der Waals surface area contributed by atoms with E-state index in [0.717, 1.165) is 30.0 Å². The number of rotatable bonds is 3. The van der Waals surface area contributed by atoms with Crippen LogP contribution in [0.2, 0.25) is 5.02 Å². The number of nitrogens with one attached hydrogen (secondary N) is 1. The van der Waals surface area contributed by atoms with Crippen LogP contribution in [0.25, 0.3) is 0 Å². The van der Waals surface area contributed by atoms with E-state index in [0.29, 0.717) is 5.56 Å². The van der Waals surface area contributed by atoms with Crippen molar-refractivity contribution >= 4 is 29.2 Å². The van der Waals surface area contributed by atoms with Crippen molar-refractivity contribution in [1.82, 2.24) is 4.98 Å². The fourth-order valence-corrected chi connectivity index (χ4v) is 2.55. The van der Waals surface area contributed by atoms with Crippen molar-refractivity contribution in [2.45, 2.75) is 9.92 Å². The molecule has 1 aromatic heterocycles. The number of nitrogen functional groups attached to an aromatic ring is 1. The first kappa shape index (κ1) is 13.8. The van der Waals surface area contributed by atoms with Gasteiger partial charge in [0.1, 0.15) is 22.5 Å². The minimum Gasteiger partial charge on any atom is -0.384 e. The molecular formula is C12H8ClF2N3S. The highest BCUT2D eigenvalue weighted by Crippen LogP contribution is 2.34. The molecule has 1 heterocycles. The summed E-state index contributed by atoms with van der Waals surface area (Å²) in [5.74, 6) is -1.34. The molecule has 0 fully saturated rings. The lowest BCUT2D eigenvalue weighted by Gasteiger charge is -2.07. The van der Waals surface area contributed by atoms with Crippen LogP contribution in [0.3, 0.4) is 0 Å². The third kappa shape index (κ3) is 3.02. The number of nitrogens with two attached hydrogens (primary N) is 1. The van der Waals surface area contributed by atoms with E-state index in [1.807, 2.05) is 0 Å². The van der Waals surface area contributed by atoms with E-state index < -0.39 is 11.6 Å². The lowest BCUT2D eigenvalue weighted by atomic mass is 10.2. The third-order valence-corrected chi connectivity index (χ3v) is 3.78. The minimum atomic E-state index is -0.572. The number of halogens is 3. The van der Waals surface area contributed by atoms with Gasteiger partial charge in [-0.15, -0.1) is 0 Å². The zero-order valence-electron chi connectivity index (χ0n) is 9.45. The first-order valence-corrected chi connectivity index (χ1v) is 6.30. The van der Waals surface area contributed by atoms with Gasteiger partial charge in [-0.05, 0) is 24.3 Å². The Morgan fingerprint density at radius 3 is 2.74 bits per heavy atom. The Morgan fingerprint density at radius 2 is 2.05 bits per heavy atom. The number of benzene rings is 1. The molecule has 0 radical (unpaired) electrons. The molecule has 98 valence electrons. The molecule has 2 aromatic rings. The summed E-state index contributed by atoms with van der Waals surface area (Å²) >= 11 is 6.90. The summed E-state index contributed by atoms with van der Waals surface area (Å²) in [5, 5.41) is 7.76. The largest absolute Gasteiger partial charge is 0.384 e. The molecule has 0 aliphatic rings. The Hall–Kier alpha value is -1.66. The molecule has 0 atom stereocenters. The quantitative estimate of drug-likeness (QED) is 0.674. The van der Waals surface area contributed by atoms with Crippen LogP contribution >= 0.6 is 23.4 Å². The topological polar surface area (TPSA) is 62.8 Å². The molecule has 0 bridgehead atoms. The molecule has 2 rings (SSSR count). The van der Waals surface area contributed by atoms with Gasteiger partial charge in [0.25, 0.3) is 0 Å². The molecule has 0 amide bonds. The maximum Gasteiger partial charge on any atom is 0.137 e. The van der Waals surface area contributed by atoms with Gasteiger partial charge >= 0.3 is 0 Å². The van der Waals surface area contributed by atoms with Gasteiger partial charge in [-0.25, -0.2) is 13.8 Å². The summed E-state index contributed by atoms with van der Waals surface area (Å²) in [4.78, 5) is 4.04. The molecule has 0 aliphatic heterocycles. The normalized spacial score (nSPS) is 10.5. The van der Waals surface area contributed by atoms with Gasteiger partial charge in [-0.3, -0.25) is 5.41 Å². The highest BCUT2D eigenvalue weighted by Gasteiger charge is 2.13. The molecule has 1 aromatic carbocycles. The number of pyridine rings is 1. The highest BCUT2D eigenvalue weighted by molar-refractivity contribution is 7.99. The van der Waals surface area contributed by atoms with Gasteiger partial charge < -0.3 is 5.73 Å². The summed E-state index contributed by atoms with van der Waals surface area (Å²) in [5.41, 5.74) is 5.66. The van der Waals surface area contributed by atoms with E-state index in [4.69, 9.17) is 22.7 Å². The van der Waals surface area contributed by atoms with Crippen LogP contribution < -0.4 is 5.73 Å². The number of hydrogen-bond acceptors (Lipinski definition) is 3. The van der Waals surface area contributed by atoms with Crippen molar-refractivity contribution in [1.29, 1.82) is 5.41 Å². The molecule has 19 heavy (non-hydrogen) atoms. The van der Waals surface area contributed by atoms with Gasteiger partial charge in [-0.1, -0.05) is 23.4 Å². The van der Waals surface area contributed by atoms with E-state index in [1.165, 1.54) is 12.3 Å². The van der Waals surface area contributed by atoms with E-state index in [1.54, 1.807) is 0 Å². The predicted molar refractivity (Wildman–Crippen MR) is 70.7 cm³/mol. The summed E-state index contributed by atoms with van der Waals surface area (Å²) in [6.07, 6.45) is 1.40. The zero-order valence-corrected chi connectivity index (χ0v) is 11.0. The van der Waals surface area contributed by atoms with Crippen LogP contribution in [0, 0.1) is 17.0 Å². The van der Waals surface area contributed by atoms with E-state index in [9.17, 15) is 8.78 Å². The standard InChI is InChI=1S/C12H8ClF2N3S/c13-10-7(11(16)17)3-4-18-12(10)19-9-5-6(14)1-2-8(9)15/h1-5H,(H3,16,17). The third-order valence-electron chi connectivity index (χ3n) is 2.25. The van der Waals surface area contributed by atoms with Gasteiger partial charge in [0, 0.05) is 11.8 Å². The second-order valence-corrected chi connectivity index (χ2v) is 4.98. The molecular weight excluding hydrogens is 292 g/mol. The SMILES string of the molecule is N=C(N)c1ccnc(Sc2cc(F)ccc2F)c1Cl. The first-order chi connectivity index (χ1) is 8.99. The second kappa shape index (κ2) is 5.54. The summed E-state index contributed by atoms with van der Waals surface area (Å²) < 4.78 is 26.6. The van der Waals surface area contributed by atoms with Gasteiger partial charge in [0.15, 0.2) is 0 Å². The first-order valence-electron chi connectivity index (χ1n) is 5.11. The number of nitrogens with zero attached hydrogens (tertiary/aromatic N) is 1. The van der Waals surface area contributed by atoms with Gasteiger partial charge in [0.05, 0.1) is 9.92 Å². The van der Waals surface area contributed by atoms with Crippen molar-refractivity contribution in [3.05, 3.63) is 52.7 Å². The number of aromatic nitrogens is 1. The number of amidine groups is 1. The smallest absolute Gasteiger partial charge is 0.137 e. The average molecular weight is 300 g/mol. The van der Waals surface area contributed by atoms with Crippen LogP contribution in [0.5, 0.6) is 0 Å². The van der Waals surface area contributed by atoms with Crippen molar-refractivity contribution in [3.8, 4) is 0 Å². The molecule has 3 N–H and O–H groups in total. The van der Waals surface area contributed by atoms with E-state index >= 15 is 0 Å². The summed E-state index contributed by atoms with van der Waals surface area (Å²) in [6, 6.07) is 4.59. The lowest BCUT2D eigenvalue weighted by molar-refractivity contribution is 0.577. The van der Waals surface area contributed by atoms with Gasteiger partial charge in [-0.2, -0.15) is 0 Å². The van der Waals surface area contributed by atoms with Crippen molar-refractivity contribution in [2.24, 2.45) is 5.73 Å². The number of hydrogen-bond donors (Lipinski definition) is 2. The molecule has 0 saturated carbocycles. The Labute approximate surface area is 117 Å². The monoisotopic (exact) mass is 299 g/mol. The Bertz CT molecular complexity index is 649. The molecule has 7 heteroatoms. The fraction of sp³-hybridized carbons (Fsp3) is 0. The Balaban J connectivity index is 2.41. The van der Waals surface area contributed by atoms with Crippen molar-refractivity contribution in [3.63, 3.8) is 0 Å². The van der Waals surface area contributed by atoms with Crippen LogP contribution in [0.1, 0.15) is 5.56 Å². The van der Waals surface area contributed by atoms with Crippen LogP contribution in [-0.4, -0.2) is 10.8 Å². The molecule has 0 spiro atoms. The molecule has 0 unspecified atom stereocenters. The minimum absolute atomic E-state index is 0.0649. The predicted octanol–water partition coefficient (Wildman–Crippen LogP) is 3.45.